The van der Waals surface area contributed by atoms with Crippen molar-refractivity contribution in [3.05, 3.63) is 23.8 Å². The van der Waals surface area contributed by atoms with Gasteiger partial charge in [-0.2, -0.15) is 8.42 Å². The Bertz CT molecular complexity index is 637. The highest BCUT2D eigenvalue weighted by atomic mass is 32.2. The van der Waals surface area contributed by atoms with Crippen LogP contribution in [0.2, 0.25) is 18.1 Å². The lowest BCUT2D eigenvalue weighted by atomic mass is 10.2. The molecule has 5 heteroatoms. The van der Waals surface area contributed by atoms with Crippen LogP contribution in [0.4, 0.5) is 0 Å². The SMILES string of the molecule is CCc1ccc(S(=O)(=O)O)c([Si](CC(C)C)(CC(C)C)CC(C)C)c1. The van der Waals surface area contributed by atoms with Crippen molar-refractivity contribution in [3.8, 4) is 0 Å². The number of rotatable bonds is 9. The molecule has 0 aromatic heterocycles. The number of hydrogen-bond acceptors (Lipinski definition) is 2. The van der Waals surface area contributed by atoms with Crippen molar-refractivity contribution >= 4 is 23.4 Å². The van der Waals surface area contributed by atoms with Gasteiger partial charge in [-0.15, -0.1) is 0 Å². The fourth-order valence-electron chi connectivity index (χ4n) is 4.36. The van der Waals surface area contributed by atoms with Crippen molar-refractivity contribution in [1.82, 2.24) is 0 Å². The number of aryl methyl sites for hydroxylation is 1. The van der Waals surface area contributed by atoms with Gasteiger partial charge in [-0.25, -0.2) is 0 Å². The summed E-state index contributed by atoms with van der Waals surface area (Å²) in [5.74, 6) is 1.51. The molecule has 1 rings (SSSR count). The molecule has 0 unspecified atom stereocenters. The summed E-state index contributed by atoms with van der Waals surface area (Å²) in [7, 11) is -6.32. The van der Waals surface area contributed by atoms with Crippen molar-refractivity contribution in [2.24, 2.45) is 17.8 Å². The molecule has 0 aliphatic heterocycles. The van der Waals surface area contributed by atoms with E-state index in [1.165, 1.54) is 0 Å². The van der Waals surface area contributed by atoms with Gasteiger partial charge in [-0.1, -0.05) is 78.7 Å². The van der Waals surface area contributed by atoms with Crippen molar-refractivity contribution in [2.45, 2.75) is 77.9 Å². The largest absolute Gasteiger partial charge is 0.294 e. The summed E-state index contributed by atoms with van der Waals surface area (Å²) in [5, 5.41) is 0.949. The minimum Gasteiger partial charge on any atom is -0.282 e. The van der Waals surface area contributed by atoms with Gasteiger partial charge >= 0.3 is 0 Å². The van der Waals surface area contributed by atoms with Crippen LogP contribution in [0.3, 0.4) is 0 Å². The molecule has 0 bridgehead atoms. The van der Waals surface area contributed by atoms with Crippen LogP contribution in [0, 0.1) is 17.8 Å². The molecular weight excluding hydrogens is 348 g/mol. The van der Waals surface area contributed by atoms with Gasteiger partial charge in [-0.05, 0) is 41.0 Å². The average molecular weight is 385 g/mol. The van der Waals surface area contributed by atoms with Gasteiger partial charge in [0.25, 0.3) is 10.1 Å². The maximum atomic E-state index is 12.1. The van der Waals surface area contributed by atoms with E-state index in [4.69, 9.17) is 0 Å². The molecular formula is C20H36O3SSi. The summed E-state index contributed by atoms with van der Waals surface area (Å²) in [4.78, 5) is 0.151. The van der Waals surface area contributed by atoms with E-state index in [2.05, 4.69) is 54.5 Å². The van der Waals surface area contributed by atoms with Gasteiger partial charge in [0.15, 0.2) is 0 Å². The Morgan fingerprint density at radius 3 is 1.68 bits per heavy atom. The van der Waals surface area contributed by atoms with Gasteiger partial charge in [0, 0.05) is 0 Å². The Morgan fingerprint density at radius 1 is 0.920 bits per heavy atom. The van der Waals surface area contributed by atoms with Gasteiger partial charge in [0.1, 0.15) is 0 Å². The first-order chi connectivity index (χ1) is 11.4. The molecule has 0 atom stereocenters. The van der Waals surface area contributed by atoms with E-state index in [0.29, 0.717) is 17.8 Å². The lowest BCUT2D eigenvalue weighted by Gasteiger charge is -2.38. The maximum Gasteiger partial charge on any atom is 0.294 e. The Labute approximate surface area is 156 Å². The van der Waals surface area contributed by atoms with Crippen LogP contribution in [-0.4, -0.2) is 21.0 Å². The van der Waals surface area contributed by atoms with E-state index in [-0.39, 0.29) is 4.90 Å². The molecule has 0 spiro atoms. The molecule has 0 fully saturated rings. The maximum absolute atomic E-state index is 12.1. The van der Waals surface area contributed by atoms with Gasteiger partial charge < -0.3 is 0 Å². The summed E-state index contributed by atoms with van der Waals surface area (Å²) in [6.07, 6.45) is 0.869. The predicted octanol–water partition coefficient (Wildman–Crippen LogP) is 5.12. The van der Waals surface area contributed by atoms with E-state index in [1.54, 1.807) is 6.07 Å². The molecule has 0 aliphatic rings. The van der Waals surface area contributed by atoms with Crippen molar-refractivity contribution in [2.75, 3.05) is 0 Å². The van der Waals surface area contributed by atoms with Crippen molar-refractivity contribution < 1.29 is 13.0 Å². The van der Waals surface area contributed by atoms with E-state index < -0.39 is 18.2 Å². The number of hydrogen-bond donors (Lipinski definition) is 1. The zero-order chi connectivity index (χ0) is 19.4. The second-order valence-corrected chi connectivity index (χ2v) is 14.4. The molecule has 1 N–H and O–H groups in total. The molecule has 0 heterocycles. The standard InChI is InChI=1S/C20H36O3SSi/c1-8-18-9-10-19(24(21,22)23)20(11-18)25(12-15(2)3,13-16(4)5)14-17(6)7/h9-11,15-17H,8,12-14H2,1-7H3,(H,21,22,23). The first kappa shape index (κ1) is 22.4. The molecule has 0 aliphatic carbocycles. The number of benzene rings is 1. The van der Waals surface area contributed by atoms with Crippen molar-refractivity contribution in [1.29, 1.82) is 0 Å². The molecule has 144 valence electrons. The topological polar surface area (TPSA) is 54.4 Å². The smallest absolute Gasteiger partial charge is 0.282 e. The van der Waals surface area contributed by atoms with Crippen LogP contribution in [0.1, 0.15) is 54.0 Å². The third-order valence-electron chi connectivity index (χ3n) is 4.70. The van der Waals surface area contributed by atoms with Gasteiger partial charge in [0.2, 0.25) is 0 Å². The van der Waals surface area contributed by atoms with Gasteiger partial charge in [0.05, 0.1) is 13.0 Å². The van der Waals surface area contributed by atoms with E-state index in [0.717, 1.165) is 35.3 Å². The van der Waals surface area contributed by atoms with Crippen LogP contribution in [0.25, 0.3) is 0 Å². The fourth-order valence-corrected chi connectivity index (χ4v) is 12.9. The summed E-state index contributed by atoms with van der Waals surface area (Å²) in [6, 6.07) is 8.72. The molecule has 3 nitrogen and oxygen atoms in total. The Balaban J connectivity index is 3.76. The Morgan fingerprint density at radius 2 is 1.36 bits per heavy atom. The third-order valence-corrected chi connectivity index (χ3v) is 12.1. The average Bonchev–Trinajstić information content (AvgIpc) is 2.43. The molecule has 0 amide bonds. The van der Waals surface area contributed by atoms with Crippen molar-refractivity contribution in [3.63, 3.8) is 0 Å². The monoisotopic (exact) mass is 384 g/mol. The third kappa shape index (κ3) is 6.22. The Hall–Kier alpha value is -0.653. The molecule has 25 heavy (non-hydrogen) atoms. The summed E-state index contributed by atoms with van der Waals surface area (Å²) in [6.45, 7) is 15.4. The summed E-state index contributed by atoms with van der Waals surface area (Å²) >= 11 is 0. The molecule has 1 aromatic carbocycles. The summed E-state index contributed by atoms with van der Waals surface area (Å²) < 4.78 is 34.2. The highest BCUT2D eigenvalue weighted by Gasteiger charge is 2.40. The second-order valence-electron chi connectivity index (χ2n) is 8.73. The second kappa shape index (κ2) is 8.83. The highest BCUT2D eigenvalue weighted by Crippen LogP contribution is 2.34. The lowest BCUT2D eigenvalue weighted by molar-refractivity contribution is 0.483. The van der Waals surface area contributed by atoms with Crippen LogP contribution in [0.5, 0.6) is 0 Å². The lowest BCUT2D eigenvalue weighted by Crippen LogP contribution is -2.52. The van der Waals surface area contributed by atoms with E-state index in [9.17, 15) is 13.0 Å². The normalized spacial score (nSPS) is 13.2. The zero-order valence-corrected chi connectivity index (χ0v) is 18.8. The fraction of sp³-hybridized carbons (Fsp3) is 0.700. The van der Waals surface area contributed by atoms with Gasteiger partial charge in [-0.3, -0.25) is 4.55 Å². The van der Waals surface area contributed by atoms with E-state index >= 15 is 0 Å². The molecule has 0 saturated heterocycles. The van der Waals surface area contributed by atoms with E-state index in [1.807, 2.05) is 6.07 Å². The molecule has 0 radical (unpaired) electrons. The summed E-state index contributed by atoms with van der Waals surface area (Å²) in [5.41, 5.74) is 1.15. The Kier molecular flexibility index (Phi) is 7.90. The highest BCUT2D eigenvalue weighted by molar-refractivity contribution is 7.86. The molecule has 0 saturated carbocycles. The zero-order valence-electron chi connectivity index (χ0n) is 17.0. The molecule has 1 aromatic rings. The van der Waals surface area contributed by atoms with Crippen LogP contribution in [-0.2, 0) is 16.5 Å². The van der Waals surface area contributed by atoms with Crippen LogP contribution >= 0.6 is 0 Å². The first-order valence-corrected chi connectivity index (χ1v) is 13.6. The van der Waals surface area contributed by atoms with Crippen LogP contribution < -0.4 is 5.19 Å². The minimum atomic E-state index is -4.21. The van der Waals surface area contributed by atoms with Crippen LogP contribution in [0.15, 0.2) is 23.1 Å². The quantitative estimate of drug-likeness (QED) is 0.475. The minimum absolute atomic E-state index is 0.151. The predicted molar refractivity (Wildman–Crippen MR) is 110 cm³/mol. The first-order valence-electron chi connectivity index (χ1n) is 9.52.